The zero-order chi connectivity index (χ0) is 39.6. The molecular formula is C54H33N5O. The summed E-state index contributed by atoms with van der Waals surface area (Å²) in [6.07, 6.45) is 0. The van der Waals surface area contributed by atoms with Crippen molar-refractivity contribution in [1.82, 2.24) is 24.5 Å². The van der Waals surface area contributed by atoms with Crippen LogP contribution in [0, 0.1) is 0 Å². The molecule has 0 N–H and O–H groups in total. The average Bonchev–Trinajstić information content (AvgIpc) is 3.87. The normalized spacial score (nSPS) is 11.7. The summed E-state index contributed by atoms with van der Waals surface area (Å²) >= 11 is 0. The van der Waals surface area contributed by atoms with Crippen LogP contribution in [0.15, 0.2) is 205 Å². The Balaban J connectivity index is 0.952. The first-order valence-electron chi connectivity index (χ1n) is 20.1. The summed E-state index contributed by atoms with van der Waals surface area (Å²) in [5.74, 6) is 1.91. The molecule has 12 aromatic rings. The van der Waals surface area contributed by atoms with Crippen LogP contribution in [0.2, 0.25) is 0 Å². The summed E-state index contributed by atoms with van der Waals surface area (Å²) in [6, 6.07) is 69.1. The lowest BCUT2D eigenvalue weighted by molar-refractivity contribution is 0.645. The summed E-state index contributed by atoms with van der Waals surface area (Å²) < 4.78 is 9.31. The van der Waals surface area contributed by atoms with E-state index >= 15 is 0 Å². The van der Waals surface area contributed by atoms with E-state index in [9.17, 15) is 0 Å². The quantitative estimate of drug-likeness (QED) is 0.168. The van der Waals surface area contributed by atoms with Gasteiger partial charge >= 0.3 is 0 Å². The predicted octanol–water partition coefficient (Wildman–Crippen LogP) is 13.8. The Labute approximate surface area is 344 Å². The zero-order valence-corrected chi connectivity index (χ0v) is 32.2. The highest BCUT2D eigenvalue weighted by Crippen LogP contribution is 2.45. The minimum atomic E-state index is 0.628. The van der Waals surface area contributed by atoms with Crippen molar-refractivity contribution in [3.63, 3.8) is 0 Å². The van der Waals surface area contributed by atoms with Gasteiger partial charge in [0, 0.05) is 44.1 Å². The maximum Gasteiger partial charge on any atom is 0.213 e. The minimum Gasteiger partial charge on any atom is -0.437 e. The number of pyridine rings is 1. The number of hydrogen-bond acceptors (Lipinski definition) is 5. The number of para-hydroxylation sites is 2. The highest BCUT2D eigenvalue weighted by Gasteiger charge is 2.24. The Morgan fingerprint density at radius 2 is 0.883 bits per heavy atom. The second-order valence-corrected chi connectivity index (χ2v) is 15.0. The first-order chi connectivity index (χ1) is 29.7. The van der Waals surface area contributed by atoms with Crippen molar-refractivity contribution in [2.24, 2.45) is 0 Å². The summed E-state index contributed by atoms with van der Waals surface area (Å²) in [5.41, 5.74) is 11.4. The molecule has 6 heteroatoms. The van der Waals surface area contributed by atoms with Crippen molar-refractivity contribution in [3.05, 3.63) is 200 Å². The van der Waals surface area contributed by atoms with Crippen molar-refractivity contribution in [1.29, 1.82) is 0 Å². The Kier molecular flexibility index (Phi) is 7.74. The molecule has 0 bridgehead atoms. The number of nitrogens with zero attached hydrogens (tertiary/aromatic N) is 5. The molecular weight excluding hydrogens is 735 g/mol. The molecule has 0 saturated carbocycles. The molecule has 12 rings (SSSR count). The minimum absolute atomic E-state index is 0.628. The van der Waals surface area contributed by atoms with Gasteiger partial charge in [-0.3, -0.25) is 4.57 Å². The average molecular weight is 768 g/mol. The van der Waals surface area contributed by atoms with Gasteiger partial charge in [0.25, 0.3) is 0 Å². The smallest absolute Gasteiger partial charge is 0.213 e. The summed E-state index contributed by atoms with van der Waals surface area (Å²) in [5, 5.41) is 6.76. The lowest BCUT2D eigenvalue weighted by Crippen LogP contribution is -2.00. The lowest BCUT2D eigenvalue weighted by Gasteiger charge is -2.10. The van der Waals surface area contributed by atoms with E-state index in [-0.39, 0.29) is 0 Å². The van der Waals surface area contributed by atoms with Gasteiger partial charge in [0.05, 0.1) is 16.4 Å². The monoisotopic (exact) mass is 767 g/mol. The van der Waals surface area contributed by atoms with E-state index in [2.05, 4.69) is 144 Å². The van der Waals surface area contributed by atoms with Gasteiger partial charge in [0.15, 0.2) is 23.1 Å². The summed E-state index contributed by atoms with van der Waals surface area (Å²) in [4.78, 5) is 19.9. The standard InChI is InChI=1S/C54H33N5O/c1-3-14-38(15-4-1)51-56-52(39-16-5-2-6-17-39)58-53(57-51)40-29-25-36(26-30-40)35-23-27-37(28-24-35)49-50-47(43-19-9-11-21-45(43)55-49)48-44-20-10-12-22-46(44)59(54(48)60-50)42-32-31-34-13-7-8-18-41(34)33-42/h1-33H. The van der Waals surface area contributed by atoms with Crippen LogP contribution in [0.4, 0.5) is 0 Å². The van der Waals surface area contributed by atoms with Gasteiger partial charge in [-0.25, -0.2) is 19.9 Å². The molecule has 0 saturated heterocycles. The summed E-state index contributed by atoms with van der Waals surface area (Å²) in [6.45, 7) is 0. The van der Waals surface area contributed by atoms with Gasteiger partial charge in [0.2, 0.25) is 5.71 Å². The fourth-order valence-corrected chi connectivity index (χ4v) is 8.53. The third kappa shape index (κ3) is 5.57. The Hall–Kier alpha value is -8.22. The van der Waals surface area contributed by atoms with Crippen LogP contribution >= 0.6 is 0 Å². The van der Waals surface area contributed by atoms with Crippen LogP contribution in [0.1, 0.15) is 0 Å². The largest absolute Gasteiger partial charge is 0.437 e. The van der Waals surface area contributed by atoms with Crippen LogP contribution in [0.3, 0.4) is 0 Å². The third-order valence-corrected chi connectivity index (χ3v) is 11.5. The maximum atomic E-state index is 7.06. The van der Waals surface area contributed by atoms with Crippen molar-refractivity contribution >= 4 is 54.6 Å². The van der Waals surface area contributed by atoms with E-state index in [1.54, 1.807) is 0 Å². The molecule has 0 aliphatic rings. The molecule has 0 fully saturated rings. The van der Waals surface area contributed by atoms with Crippen LogP contribution < -0.4 is 0 Å². The van der Waals surface area contributed by atoms with E-state index in [1.807, 2.05) is 60.7 Å². The number of hydrogen-bond donors (Lipinski definition) is 0. The molecule has 8 aromatic carbocycles. The van der Waals surface area contributed by atoms with Crippen LogP contribution in [-0.2, 0) is 0 Å². The van der Waals surface area contributed by atoms with Gasteiger partial charge in [-0.15, -0.1) is 0 Å². The molecule has 0 unspecified atom stereocenters. The topological polar surface area (TPSA) is 69.6 Å². The van der Waals surface area contributed by atoms with Crippen molar-refractivity contribution in [2.75, 3.05) is 0 Å². The Morgan fingerprint density at radius 1 is 0.367 bits per heavy atom. The molecule has 4 aromatic heterocycles. The number of benzene rings is 8. The molecule has 0 aliphatic heterocycles. The van der Waals surface area contributed by atoms with Crippen molar-refractivity contribution < 1.29 is 4.42 Å². The second kappa shape index (κ2) is 13.7. The molecule has 0 radical (unpaired) electrons. The van der Waals surface area contributed by atoms with Gasteiger partial charge in [-0.2, -0.15) is 0 Å². The fourth-order valence-electron chi connectivity index (χ4n) is 8.53. The predicted molar refractivity (Wildman–Crippen MR) is 244 cm³/mol. The van der Waals surface area contributed by atoms with E-state index in [4.69, 9.17) is 24.4 Å². The van der Waals surface area contributed by atoms with E-state index < -0.39 is 0 Å². The summed E-state index contributed by atoms with van der Waals surface area (Å²) in [7, 11) is 0. The van der Waals surface area contributed by atoms with Gasteiger partial charge in [-0.1, -0.05) is 176 Å². The first kappa shape index (κ1) is 33.9. The van der Waals surface area contributed by atoms with Gasteiger partial charge in [-0.05, 0) is 46.2 Å². The Bertz CT molecular complexity index is 3520. The molecule has 60 heavy (non-hydrogen) atoms. The van der Waals surface area contributed by atoms with E-state index in [0.717, 1.165) is 88.6 Å². The molecule has 0 aliphatic carbocycles. The highest BCUT2D eigenvalue weighted by molar-refractivity contribution is 6.28. The van der Waals surface area contributed by atoms with Crippen molar-refractivity contribution in [3.8, 4) is 62.2 Å². The first-order valence-corrected chi connectivity index (χ1v) is 20.1. The highest BCUT2D eigenvalue weighted by atomic mass is 16.3. The van der Waals surface area contributed by atoms with Crippen LogP contribution in [0.25, 0.3) is 117 Å². The zero-order valence-electron chi connectivity index (χ0n) is 32.2. The molecule has 4 heterocycles. The number of aromatic nitrogens is 5. The number of furan rings is 1. The molecule has 0 amide bonds. The third-order valence-electron chi connectivity index (χ3n) is 11.5. The van der Waals surface area contributed by atoms with E-state index in [1.165, 1.54) is 10.8 Å². The lowest BCUT2D eigenvalue weighted by atomic mass is 9.99. The SMILES string of the molecule is c1ccc(-c2nc(-c3ccccc3)nc(-c3ccc(-c4ccc(-c5nc6ccccc6c6c5oc5c6c6ccccc6n5-c5ccc6ccccc6c5)cc4)cc3)n2)cc1. The van der Waals surface area contributed by atoms with Crippen LogP contribution in [0.5, 0.6) is 0 Å². The number of fused-ring (bicyclic) bond motifs is 8. The molecule has 0 atom stereocenters. The maximum absolute atomic E-state index is 7.06. The molecule has 280 valence electrons. The van der Waals surface area contributed by atoms with Crippen LogP contribution in [-0.4, -0.2) is 24.5 Å². The number of rotatable bonds is 6. The van der Waals surface area contributed by atoms with Gasteiger partial charge in [0.1, 0.15) is 5.69 Å². The van der Waals surface area contributed by atoms with E-state index in [0.29, 0.717) is 17.5 Å². The Morgan fingerprint density at radius 3 is 1.55 bits per heavy atom. The molecule has 6 nitrogen and oxygen atoms in total. The van der Waals surface area contributed by atoms with Gasteiger partial charge < -0.3 is 4.42 Å². The van der Waals surface area contributed by atoms with Crippen molar-refractivity contribution in [2.45, 2.75) is 0 Å². The fraction of sp³-hybridized carbons (Fsp3) is 0. The second-order valence-electron chi connectivity index (χ2n) is 15.0. The molecule has 0 spiro atoms.